The number of benzene rings is 2. The largest absolute Gasteiger partial charge is 0.493 e. The minimum absolute atomic E-state index is 0.202. The van der Waals surface area contributed by atoms with Gasteiger partial charge in [0.05, 0.1) is 5.56 Å². The summed E-state index contributed by atoms with van der Waals surface area (Å²) in [6.45, 7) is 0.629. The summed E-state index contributed by atoms with van der Waals surface area (Å²) in [6, 6.07) is 12.4. The van der Waals surface area contributed by atoms with Gasteiger partial charge in [0, 0.05) is 29.9 Å². The SMILES string of the molecule is O=C(Oc1c(C#Cc2ccc(-c3ccc(Cl)cc3)cn2)ccc2c1nc(N1CCCC1)n2OC(=O)C(F)(F)F)C(F)(F)F. The van der Waals surface area contributed by atoms with Crippen LogP contribution in [0.25, 0.3) is 22.2 Å². The summed E-state index contributed by atoms with van der Waals surface area (Å²) in [4.78, 5) is 38.0. The number of carbonyl (C=O) groups excluding carboxylic acids is 2. The number of ether oxygens (including phenoxy) is 1. The summed E-state index contributed by atoms with van der Waals surface area (Å²) in [5.41, 5.74) is 0.658. The molecule has 1 saturated heterocycles. The second-order valence-corrected chi connectivity index (χ2v) is 9.60. The average molecular weight is 623 g/mol. The molecule has 0 saturated carbocycles. The zero-order chi connectivity index (χ0) is 30.9. The lowest BCUT2D eigenvalue weighted by atomic mass is 10.1. The van der Waals surface area contributed by atoms with Gasteiger partial charge >= 0.3 is 24.3 Å². The molecule has 15 heteroatoms. The number of hydrogen-bond acceptors (Lipinski definition) is 7. The quantitative estimate of drug-likeness (QED) is 0.124. The Morgan fingerprint density at radius 1 is 0.837 bits per heavy atom. The van der Waals surface area contributed by atoms with Crippen LogP contribution in [0.2, 0.25) is 5.02 Å². The average Bonchev–Trinajstić information content (AvgIpc) is 3.61. The van der Waals surface area contributed by atoms with E-state index in [2.05, 4.69) is 31.4 Å². The van der Waals surface area contributed by atoms with Gasteiger partial charge in [0.1, 0.15) is 16.7 Å². The maximum atomic E-state index is 13.2. The summed E-state index contributed by atoms with van der Waals surface area (Å²) in [7, 11) is 0. The zero-order valence-corrected chi connectivity index (χ0v) is 22.3. The van der Waals surface area contributed by atoms with Gasteiger partial charge < -0.3 is 14.5 Å². The Morgan fingerprint density at radius 3 is 2.09 bits per heavy atom. The molecule has 0 bridgehead atoms. The number of anilines is 1. The Hall–Kier alpha value is -4.77. The lowest BCUT2D eigenvalue weighted by molar-refractivity contribution is -0.199. The van der Waals surface area contributed by atoms with Gasteiger partial charge in [0.2, 0.25) is 5.95 Å². The highest BCUT2D eigenvalue weighted by molar-refractivity contribution is 6.30. The Labute approximate surface area is 243 Å². The number of carbonyl (C=O) groups is 2. The highest BCUT2D eigenvalue weighted by atomic mass is 35.5. The number of fused-ring (bicyclic) bond motifs is 1. The molecule has 4 aromatic rings. The van der Waals surface area contributed by atoms with E-state index in [4.69, 9.17) is 11.6 Å². The van der Waals surface area contributed by atoms with Gasteiger partial charge in [-0.05, 0) is 54.7 Å². The van der Waals surface area contributed by atoms with E-state index < -0.39 is 35.6 Å². The van der Waals surface area contributed by atoms with Crippen molar-refractivity contribution in [2.75, 3.05) is 18.0 Å². The second-order valence-electron chi connectivity index (χ2n) is 9.16. The van der Waals surface area contributed by atoms with Gasteiger partial charge in [-0.1, -0.05) is 35.7 Å². The Balaban J connectivity index is 1.59. The van der Waals surface area contributed by atoms with Crippen LogP contribution in [0.3, 0.4) is 0 Å². The molecule has 222 valence electrons. The van der Waals surface area contributed by atoms with Crippen molar-refractivity contribution in [2.45, 2.75) is 25.2 Å². The predicted molar refractivity (Wildman–Crippen MR) is 141 cm³/mol. The third kappa shape index (κ3) is 6.51. The standard InChI is InChI=1S/C28H17ClF6N4O4/c29-19-8-3-16(4-9-19)18-6-11-20(36-15-18)10-5-17-7-12-21-22(23(17)42-24(40)27(30,31)32)37-26(38-13-1-2-14-38)39(21)43-25(41)28(33,34)35/h3-4,6-9,11-12,15H,1-2,13-14H2. The normalized spacial score (nSPS) is 13.5. The molecule has 0 N–H and O–H groups in total. The molecule has 0 unspecified atom stereocenters. The molecule has 0 aliphatic carbocycles. The van der Waals surface area contributed by atoms with E-state index in [0.29, 0.717) is 35.7 Å². The van der Waals surface area contributed by atoms with E-state index in [0.717, 1.165) is 23.3 Å². The summed E-state index contributed by atoms with van der Waals surface area (Å²) >= 11 is 5.91. The molecule has 0 radical (unpaired) electrons. The molecular formula is C28H17ClF6N4O4. The van der Waals surface area contributed by atoms with E-state index >= 15 is 0 Å². The lowest BCUT2D eigenvalue weighted by Crippen LogP contribution is -2.35. The third-order valence-corrected chi connectivity index (χ3v) is 6.46. The van der Waals surface area contributed by atoms with Gasteiger partial charge in [0.25, 0.3) is 0 Å². The molecule has 0 amide bonds. The van der Waals surface area contributed by atoms with Crippen LogP contribution in [0, 0.1) is 11.8 Å². The topological polar surface area (TPSA) is 86.6 Å². The number of rotatable bonds is 4. The van der Waals surface area contributed by atoms with Gasteiger partial charge in [-0.2, -0.15) is 26.3 Å². The van der Waals surface area contributed by atoms with Crippen LogP contribution in [-0.4, -0.2) is 52.1 Å². The van der Waals surface area contributed by atoms with Crippen LogP contribution in [0.1, 0.15) is 24.1 Å². The van der Waals surface area contributed by atoms with Gasteiger partial charge in [-0.25, -0.2) is 19.6 Å². The van der Waals surface area contributed by atoms with Crippen molar-refractivity contribution < 1.29 is 45.5 Å². The maximum absolute atomic E-state index is 13.2. The lowest BCUT2D eigenvalue weighted by Gasteiger charge is -2.18. The molecule has 1 fully saturated rings. The zero-order valence-electron chi connectivity index (χ0n) is 21.6. The molecule has 2 aromatic heterocycles. The maximum Gasteiger partial charge on any atom is 0.493 e. The van der Waals surface area contributed by atoms with E-state index in [9.17, 15) is 35.9 Å². The highest BCUT2D eigenvalue weighted by Gasteiger charge is 2.44. The third-order valence-electron chi connectivity index (χ3n) is 6.21. The first-order valence-corrected chi connectivity index (χ1v) is 12.8. The summed E-state index contributed by atoms with van der Waals surface area (Å²) in [5.74, 6) is -1.03. The summed E-state index contributed by atoms with van der Waals surface area (Å²) < 4.78 is 83.8. The molecule has 0 spiro atoms. The Kier molecular flexibility index (Phi) is 7.94. The first-order valence-electron chi connectivity index (χ1n) is 12.4. The van der Waals surface area contributed by atoms with Crippen LogP contribution in [0.15, 0.2) is 54.7 Å². The van der Waals surface area contributed by atoms with E-state index in [1.54, 1.807) is 36.4 Å². The minimum Gasteiger partial charge on any atom is -0.416 e. The van der Waals surface area contributed by atoms with Crippen LogP contribution in [0.5, 0.6) is 5.75 Å². The molecular weight excluding hydrogens is 606 g/mol. The van der Waals surface area contributed by atoms with Crippen molar-refractivity contribution in [1.29, 1.82) is 0 Å². The first-order chi connectivity index (χ1) is 20.3. The number of pyridine rings is 1. The number of hydrogen-bond donors (Lipinski definition) is 0. The van der Waals surface area contributed by atoms with Crippen molar-refractivity contribution in [3.05, 3.63) is 71.0 Å². The predicted octanol–water partition coefficient (Wildman–Crippen LogP) is 5.74. The van der Waals surface area contributed by atoms with Crippen LogP contribution in [0.4, 0.5) is 32.3 Å². The fraction of sp³-hybridized carbons (Fsp3) is 0.214. The highest BCUT2D eigenvalue weighted by Crippen LogP contribution is 2.35. The smallest absolute Gasteiger partial charge is 0.416 e. The number of esters is 1. The van der Waals surface area contributed by atoms with E-state index in [1.807, 2.05) is 0 Å². The molecule has 2 aromatic carbocycles. The minimum atomic E-state index is -5.42. The van der Waals surface area contributed by atoms with Gasteiger partial charge in [0.15, 0.2) is 5.75 Å². The first kappa shape index (κ1) is 29.7. The molecule has 43 heavy (non-hydrogen) atoms. The van der Waals surface area contributed by atoms with Gasteiger partial charge in [-0.3, -0.25) is 0 Å². The number of aromatic nitrogens is 3. The van der Waals surface area contributed by atoms with Crippen molar-refractivity contribution in [2.24, 2.45) is 0 Å². The van der Waals surface area contributed by atoms with Crippen LogP contribution in [-0.2, 0) is 9.59 Å². The molecule has 5 rings (SSSR count). The Morgan fingerprint density at radius 2 is 1.49 bits per heavy atom. The number of alkyl halides is 6. The van der Waals surface area contributed by atoms with Crippen LogP contribution < -0.4 is 14.5 Å². The summed E-state index contributed by atoms with van der Waals surface area (Å²) in [5, 5.41) is 0.550. The second kappa shape index (κ2) is 11.5. The molecule has 3 heterocycles. The summed E-state index contributed by atoms with van der Waals surface area (Å²) in [6.07, 6.45) is -8.03. The van der Waals surface area contributed by atoms with Crippen molar-refractivity contribution >= 4 is 40.5 Å². The van der Waals surface area contributed by atoms with Gasteiger partial charge in [-0.15, -0.1) is 4.73 Å². The number of halogens is 7. The number of imidazole rings is 1. The van der Waals surface area contributed by atoms with Crippen molar-refractivity contribution in [3.63, 3.8) is 0 Å². The Bertz CT molecular complexity index is 1750. The van der Waals surface area contributed by atoms with E-state index in [-0.39, 0.29) is 22.7 Å². The van der Waals surface area contributed by atoms with Crippen LogP contribution >= 0.6 is 11.6 Å². The van der Waals surface area contributed by atoms with Crippen molar-refractivity contribution in [3.8, 4) is 28.7 Å². The monoisotopic (exact) mass is 622 g/mol. The van der Waals surface area contributed by atoms with E-state index in [1.165, 1.54) is 11.1 Å². The number of nitrogens with zero attached hydrogens (tertiary/aromatic N) is 4. The molecule has 8 nitrogen and oxygen atoms in total. The molecule has 1 aliphatic heterocycles. The fourth-order valence-corrected chi connectivity index (χ4v) is 4.32. The molecule has 1 aliphatic rings. The van der Waals surface area contributed by atoms with Crippen molar-refractivity contribution in [1.82, 2.24) is 14.7 Å². The fourth-order valence-electron chi connectivity index (χ4n) is 4.19. The molecule has 0 atom stereocenters.